The van der Waals surface area contributed by atoms with Crippen molar-refractivity contribution in [3.8, 4) is 0 Å². The van der Waals surface area contributed by atoms with Crippen LogP contribution in [0.5, 0.6) is 0 Å². The van der Waals surface area contributed by atoms with Crippen molar-refractivity contribution in [2.24, 2.45) is 11.8 Å². The second kappa shape index (κ2) is 9.65. The summed E-state index contributed by atoms with van der Waals surface area (Å²) >= 11 is 5.30. The van der Waals surface area contributed by atoms with Crippen LogP contribution in [0.1, 0.15) is 18.0 Å². The van der Waals surface area contributed by atoms with Gasteiger partial charge in [-0.1, -0.05) is 63.6 Å². The number of hydrogen-bond acceptors (Lipinski definition) is 7. The first-order valence-electron chi connectivity index (χ1n) is 12.5. The predicted molar refractivity (Wildman–Crippen MR) is 145 cm³/mol. The smallest absolute Gasteiger partial charge is 0.245 e. The van der Waals surface area contributed by atoms with Crippen LogP contribution >= 0.6 is 27.7 Å². The highest BCUT2D eigenvalue weighted by Gasteiger charge is 2.76. The number of aromatic nitrogens is 3. The highest BCUT2D eigenvalue weighted by Crippen LogP contribution is 2.68. The van der Waals surface area contributed by atoms with Gasteiger partial charge in [0.1, 0.15) is 18.2 Å². The predicted octanol–water partition coefficient (Wildman–Crippen LogP) is 1.45. The Morgan fingerprint density at radius 2 is 1.92 bits per heavy atom. The molecule has 3 amide bonds. The summed E-state index contributed by atoms with van der Waals surface area (Å²) < 4.78 is 0.786. The fourth-order valence-electron chi connectivity index (χ4n) is 6.48. The van der Waals surface area contributed by atoms with E-state index in [2.05, 4.69) is 36.9 Å². The number of hydrogen-bond donors (Lipinski definition) is 3. The van der Waals surface area contributed by atoms with Gasteiger partial charge in [-0.25, -0.2) is 4.68 Å². The van der Waals surface area contributed by atoms with Crippen molar-refractivity contribution in [2.45, 2.75) is 40.0 Å². The van der Waals surface area contributed by atoms with E-state index in [0.29, 0.717) is 11.9 Å². The molecule has 3 unspecified atom stereocenters. The lowest BCUT2D eigenvalue weighted by molar-refractivity contribution is -0.143. The number of rotatable bonds is 7. The maximum absolute atomic E-state index is 14.2. The number of carbonyl (C=O) groups is 3. The van der Waals surface area contributed by atoms with Gasteiger partial charge in [0, 0.05) is 17.1 Å². The Morgan fingerprint density at radius 1 is 1.18 bits per heavy atom. The van der Waals surface area contributed by atoms with Crippen molar-refractivity contribution in [2.75, 3.05) is 13.7 Å². The van der Waals surface area contributed by atoms with Crippen LogP contribution in [0.25, 0.3) is 11.0 Å². The standard InChI is InChI=1S/C26H27BrN6O4S/c1-28-23(35)19-20-25(37)33(18(12-34)14-7-3-2-4-8-14)22(26(20)11-15(27)21(19)38-26)24(36)29-13-32-17-10-6-5-9-16(17)30-31-32/h2-10,15,18-22,34H,11-13H2,1H3,(H,28,35)(H,29,36)/t15?,18-,19-,20+,21-,22?,26?/m1/s1. The van der Waals surface area contributed by atoms with Crippen LogP contribution in [-0.2, 0) is 21.1 Å². The molecule has 3 saturated heterocycles. The zero-order valence-electron chi connectivity index (χ0n) is 20.5. The van der Waals surface area contributed by atoms with Gasteiger partial charge < -0.3 is 20.6 Å². The van der Waals surface area contributed by atoms with Gasteiger partial charge >= 0.3 is 0 Å². The van der Waals surface area contributed by atoms with Gasteiger partial charge in [0.15, 0.2) is 0 Å². The molecule has 3 aromatic rings. The number of carbonyl (C=O) groups excluding carboxylic acids is 3. The highest BCUT2D eigenvalue weighted by molar-refractivity contribution is 9.09. The quantitative estimate of drug-likeness (QED) is 0.351. The summed E-state index contributed by atoms with van der Waals surface area (Å²) in [5.74, 6) is -2.08. The van der Waals surface area contributed by atoms with E-state index in [-0.39, 0.29) is 41.1 Å². The van der Waals surface area contributed by atoms with Gasteiger partial charge in [-0.15, -0.1) is 16.9 Å². The highest BCUT2D eigenvalue weighted by atomic mass is 79.9. The van der Waals surface area contributed by atoms with Crippen LogP contribution in [0.2, 0.25) is 0 Å². The monoisotopic (exact) mass is 598 g/mol. The minimum absolute atomic E-state index is 0.0299. The average molecular weight is 600 g/mol. The third-order valence-corrected chi connectivity index (χ3v) is 11.3. The number of alkyl halides is 1. The molecule has 6 rings (SSSR count). The molecule has 3 fully saturated rings. The summed E-state index contributed by atoms with van der Waals surface area (Å²) in [5.41, 5.74) is 2.21. The molecule has 7 atom stereocenters. The topological polar surface area (TPSA) is 129 Å². The van der Waals surface area contributed by atoms with Crippen LogP contribution in [0.3, 0.4) is 0 Å². The van der Waals surface area contributed by atoms with E-state index in [4.69, 9.17) is 0 Å². The summed E-state index contributed by atoms with van der Waals surface area (Å²) in [6, 6.07) is 15.0. The number of halogens is 1. The molecular formula is C26H27BrN6O4S. The second-order valence-corrected chi connectivity index (χ2v) is 12.6. The molecule has 0 radical (unpaired) electrons. The number of nitrogens with one attached hydrogen (secondary N) is 2. The van der Waals surface area contributed by atoms with Crippen molar-refractivity contribution in [3.63, 3.8) is 0 Å². The largest absolute Gasteiger partial charge is 0.394 e. The molecule has 1 aromatic heterocycles. The number of likely N-dealkylation sites (tertiary alicyclic amines) is 1. The van der Waals surface area contributed by atoms with Gasteiger partial charge in [-0.05, 0) is 24.1 Å². The first-order valence-corrected chi connectivity index (χ1v) is 14.3. The number of aliphatic hydroxyl groups is 1. The molecule has 0 saturated carbocycles. The second-order valence-electron chi connectivity index (χ2n) is 9.91. The third-order valence-electron chi connectivity index (χ3n) is 8.04. The molecule has 0 aliphatic carbocycles. The Balaban J connectivity index is 1.40. The summed E-state index contributed by atoms with van der Waals surface area (Å²) in [7, 11) is 1.57. The molecule has 12 heteroatoms. The van der Waals surface area contributed by atoms with Gasteiger partial charge in [0.05, 0.1) is 34.7 Å². The Labute approximate surface area is 231 Å². The maximum atomic E-state index is 14.2. The molecule has 1 spiro atoms. The zero-order chi connectivity index (χ0) is 26.6. The Morgan fingerprint density at radius 3 is 2.66 bits per heavy atom. The zero-order valence-corrected chi connectivity index (χ0v) is 22.9. The van der Waals surface area contributed by atoms with Gasteiger partial charge in [-0.2, -0.15) is 0 Å². The van der Waals surface area contributed by atoms with E-state index in [1.807, 2.05) is 54.6 Å². The normalized spacial score (nSPS) is 30.4. The van der Waals surface area contributed by atoms with Crippen LogP contribution < -0.4 is 10.6 Å². The number of para-hydroxylation sites is 1. The summed E-state index contributed by atoms with van der Waals surface area (Å²) in [4.78, 5) is 42.8. The van der Waals surface area contributed by atoms with Crippen LogP contribution in [0.4, 0.5) is 0 Å². The number of amides is 3. The lowest BCUT2D eigenvalue weighted by Crippen LogP contribution is -2.55. The van der Waals surface area contributed by atoms with Crippen LogP contribution in [0, 0.1) is 11.8 Å². The molecule has 3 aliphatic rings. The van der Waals surface area contributed by atoms with E-state index >= 15 is 0 Å². The molecule has 10 nitrogen and oxygen atoms in total. The van der Waals surface area contributed by atoms with Crippen molar-refractivity contribution in [1.82, 2.24) is 30.5 Å². The summed E-state index contributed by atoms with van der Waals surface area (Å²) in [6.45, 7) is -0.287. The van der Waals surface area contributed by atoms with Crippen molar-refractivity contribution in [1.29, 1.82) is 0 Å². The molecule has 4 heterocycles. The molecular weight excluding hydrogens is 572 g/mol. The lowest BCUT2D eigenvalue weighted by Gasteiger charge is -2.37. The molecule has 2 bridgehead atoms. The van der Waals surface area contributed by atoms with Gasteiger partial charge in [0.2, 0.25) is 17.7 Å². The summed E-state index contributed by atoms with van der Waals surface area (Å²) in [5, 5.41) is 24.4. The fraction of sp³-hybridized carbons (Fsp3) is 0.423. The Kier molecular flexibility index (Phi) is 6.43. The van der Waals surface area contributed by atoms with E-state index < -0.39 is 28.7 Å². The van der Waals surface area contributed by atoms with Crippen LogP contribution in [-0.4, -0.2) is 77.2 Å². The molecule has 2 aromatic carbocycles. The lowest BCUT2D eigenvalue weighted by atomic mass is 9.70. The van der Waals surface area contributed by atoms with E-state index in [1.54, 1.807) is 23.5 Å². The van der Waals surface area contributed by atoms with E-state index in [9.17, 15) is 19.5 Å². The minimum Gasteiger partial charge on any atom is -0.394 e. The number of nitrogens with zero attached hydrogens (tertiary/aromatic N) is 4. The molecule has 38 heavy (non-hydrogen) atoms. The summed E-state index contributed by atoms with van der Waals surface area (Å²) in [6.07, 6.45) is 0.556. The fourth-order valence-corrected chi connectivity index (χ4v) is 10.1. The first-order chi connectivity index (χ1) is 18.4. The maximum Gasteiger partial charge on any atom is 0.245 e. The van der Waals surface area contributed by atoms with E-state index in [0.717, 1.165) is 11.1 Å². The van der Waals surface area contributed by atoms with Crippen molar-refractivity contribution in [3.05, 3.63) is 60.2 Å². The van der Waals surface area contributed by atoms with Crippen molar-refractivity contribution >= 4 is 56.4 Å². The number of fused-ring (bicyclic) bond motifs is 2. The number of aliphatic hydroxyl groups excluding tert-OH is 1. The van der Waals surface area contributed by atoms with Gasteiger partial charge in [0.25, 0.3) is 0 Å². The van der Waals surface area contributed by atoms with Gasteiger partial charge in [-0.3, -0.25) is 14.4 Å². The van der Waals surface area contributed by atoms with E-state index in [1.165, 1.54) is 4.90 Å². The average Bonchev–Trinajstić information content (AvgIpc) is 3.65. The third kappa shape index (κ3) is 3.68. The Hall–Kier alpha value is -2.96. The molecule has 3 N–H and O–H groups in total. The first kappa shape index (κ1) is 25.3. The molecule has 198 valence electrons. The van der Waals surface area contributed by atoms with Crippen molar-refractivity contribution < 1.29 is 19.5 Å². The van der Waals surface area contributed by atoms with Crippen LogP contribution in [0.15, 0.2) is 54.6 Å². The molecule has 3 aliphatic heterocycles. The number of benzene rings is 2. The Bertz CT molecular complexity index is 1400. The number of thioether (sulfide) groups is 1. The minimum atomic E-state index is -0.892. The SMILES string of the molecule is CNC(=O)[C@H]1[C@@H]2SC3(CC2Br)C(C(=O)NCn2nnc4ccccc42)N([C@H](CO)c2ccccc2)C(=O)[C@H]13.